The standard InChI is InChI=1S/C31H32N4O6S2/c32-33-42(36,37)20-9-10-21(26(17-20)43(38,39)40)27-24-15-18-5-1-11-34-13-3-7-22(28(18)34)30(24)41-31-23-8-4-14-35-12-2-6-19(29(23)35)16-25(27)31/h9-10,15-17,33H,1-8,11-14,32H2/p+1. The number of aryl methyl sites for hydroxylation is 2. The van der Waals surface area contributed by atoms with E-state index in [0.717, 1.165) is 117 Å². The van der Waals surface area contributed by atoms with E-state index >= 15 is 0 Å². The fourth-order valence-electron chi connectivity index (χ4n) is 7.96. The van der Waals surface area contributed by atoms with E-state index in [1.54, 1.807) is 4.83 Å². The van der Waals surface area contributed by atoms with E-state index in [1.807, 2.05) is 0 Å². The maximum atomic E-state index is 13.0. The van der Waals surface area contributed by atoms with Crippen LogP contribution in [-0.4, -0.2) is 47.6 Å². The summed E-state index contributed by atoms with van der Waals surface area (Å²) in [5, 5.41) is 2.01. The molecular weight excluding hydrogens is 588 g/mol. The number of anilines is 1. The molecule has 0 fully saturated rings. The Hall–Kier alpha value is -3.29. The first-order valence-electron chi connectivity index (χ1n) is 14.9. The molecule has 43 heavy (non-hydrogen) atoms. The van der Waals surface area contributed by atoms with Gasteiger partial charge in [-0.25, -0.2) is 13.0 Å². The number of hydrogen-bond acceptors (Lipinski definition) is 7. The van der Waals surface area contributed by atoms with Crippen LogP contribution in [0.15, 0.2) is 40.1 Å². The minimum atomic E-state index is -4.85. The van der Waals surface area contributed by atoms with Crippen molar-refractivity contribution in [2.75, 3.05) is 31.1 Å². The lowest BCUT2D eigenvalue weighted by Gasteiger charge is -2.39. The van der Waals surface area contributed by atoms with Crippen molar-refractivity contribution in [2.24, 2.45) is 5.84 Å². The molecule has 0 aliphatic carbocycles. The Morgan fingerprint density at radius 2 is 1.56 bits per heavy atom. The van der Waals surface area contributed by atoms with Gasteiger partial charge in [0.15, 0.2) is 0 Å². The molecule has 3 aromatic rings. The Balaban J connectivity index is 1.54. The SMILES string of the molecule is NNS(=O)(=O)c1ccc(C2=c3cc4c5c(c3Oc3c2cc2c6c3CCCN6CCC2)CCC[N+]=5CCC4)c(S(=O)(=O)O)c1. The summed E-state index contributed by atoms with van der Waals surface area (Å²) in [6.45, 7) is 3.99. The molecule has 0 atom stereocenters. The summed E-state index contributed by atoms with van der Waals surface area (Å²) in [6, 6.07) is 8.03. The Labute approximate surface area is 250 Å². The van der Waals surface area contributed by atoms with Gasteiger partial charge in [0.25, 0.3) is 20.1 Å². The number of sulfonamides is 1. The third kappa shape index (κ3) is 4.11. The van der Waals surface area contributed by atoms with Crippen LogP contribution in [-0.2, 0) is 45.8 Å². The fourth-order valence-corrected chi connectivity index (χ4v) is 9.42. The summed E-state index contributed by atoms with van der Waals surface area (Å²) in [5.41, 5.74) is 7.56. The average molecular weight is 622 g/mol. The second kappa shape index (κ2) is 9.60. The smallest absolute Gasteiger partial charge is 0.295 e. The van der Waals surface area contributed by atoms with E-state index in [4.69, 9.17) is 10.6 Å². The molecule has 5 heterocycles. The number of hydrogen-bond donors (Lipinski definition) is 3. The topological polar surface area (TPSA) is 142 Å². The molecule has 3 aromatic carbocycles. The molecule has 10 nitrogen and oxygen atoms in total. The van der Waals surface area contributed by atoms with E-state index in [-0.39, 0.29) is 10.5 Å². The van der Waals surface area contributed by atoms with Gasteiger partial charge in [0.05, 0.1) is 10.5 Å². The molecule has 0 aromatic heterocycles. The summed E-state index contributed by atoms with van der Waals surface area (Å²) < 4.78 is 71.0. The number of benzene rings is 3. The van der Waals surface area contributed by atoms with E-state index in [9.17, 15) is 21.4 Å². The van der Waals surface area contributed by atoms with Crippen LogP contribution < -0.4 is 35.5 Å². The number of nitrogens with two attached hydrogens (primary N) is 1. The first-order valence-corrected chi connectivity index (χ1v) is 17.9. The molecule has 0 saturated carbocycles. The Morgan fingerprint density at radius 3 is 2.33 bits per heavy atom. The van der Waals surface area contributed by atoms with E-state index in [2.05, 4.69) is 21.6 Å². The van der Waals surface area contributed by atoms with Gasteiger partial charge >= 0.3 is 0 Å². The van der Waals surface area contributed by atoms with Crippen LogP contribution in [0.3, 0.4) is 0 Å². The first kappa shape index (κ1) is 27.3. The number of nitrogens with zero attached hydrogens (tertiary/aromatic N) is 2. The second-order valence-electron chi connectivity index (χ2n) is 12.1. The van der Waals surface area contributed by atoms with Crippen molar-refractivity contribution < 1.29 is 26.1 Å². The van der Waals surface area contributed by atoms with Crippen LogP contribution in [0.25, 0.3) is 5.57 Å². The van der Waals surface area contributed by atoms with Gasteiger partial charge in [0, 0.05) is 64.7 Å². The van der Waals surface area contributed by atoms with Crippen molar-refractivity contribution in [3.8, 4) is 11.5 Å². The van der Waals surface area contributed by atoms with Gasteiger partial charge in [0.2, 0.25) is 5.36 Å². The van der Waals surface area contributed by atoms with Gasteiger partial charge in [0.1, 0.15) is 29.5 Å². The average Bonchev–Trinajstić information content (AvgIpc) is 3.00. The van der Waals surface area contributed by atoms with Crippen molar-refractivity contribution in [1.29, 1.82) is 0 Å². The van der Waals surface area contributed by atoms with Crippen LogP contribution in [0.5, 0.6) is 11.5 Å². The Morgan fingerprint density at radius 1 is 0.837 bits per heavy atom. The number of fused-ring (bicyclic) bond motifs is 4. The zero-order valence-corrected chi connectivity index (χ0v) is 25.3. The highest BCUT2D eigenvalue weighted by molar-refractivity contribution is 7.89. The van der Waals surface area contributed by atoms with Crippen LogP contribution in [0.2, 0.25) is 0 Å². The zero-order valence-electron chi connectivity index (χ0n) is 23.6. The fraction of sp³-hybridized carbons (Fsp3) is 0.387. The monoisotopic (exact) mass is 621 g/mol. The van der Waals surface area contributed by atoms with E-state index in [0.29, 0.717) is 5.57 Å². The summed E-state index contributed by atoms with van der Waals surface area (Å²) in [7, 11) is -9.04. The third-order valence-electron chi connectivity index (χ3n) is 9.65. The molecule has 0 spiro atoms. The maximum absolute atomic E-state index is 13.0. The Kier molecular flexibility index (Phi) is 6.09. The molecule has 0 bridgehead atoms. The predicted octanol–water partition coefficient (Wildman–Crippen LogP) is 1.52. The molecule has 224 valence electrons. The first-order chi connectivity index (χ1) is 20.7. The summed E-state index contributed by atoms with van der Waals surface area (Å²) in [4.78, 5) is 3.35. The van der Waals surface area contributed by atoms with Crippen LogP contribution in [0, 0.1) is 0 Å². The normalized spacial score (nSPS) is 18.8. The summed E-state index contributed by atoms with van der Waals surface area (Å²) in [5.74, 6) is 6.72. The minimum absolute atomic E-state index is 0.232. The molecule has 0 saturated heterocycles. The quantitative estimate of drug-likeness (QED) is 0.135. The highest BCUT2D eigenvalue weighted by Gasteiger charge is 2.37. The lowest BCUT2D eigenvalue weighted by Crippen LogP contribution is -2.45. The molecule has 0 unspecified atom stereocenters. The predicted molar refractivity (Wildman–Crippen MR) is 161 cm³/mol. The highest BCUT2D eigenvalue weighted by Crippen LogP contribution is 2.49. The van der Waals surface area contributed by atoms with Crippen LogP contribution >= 0.6 is 0 Å². The molecule has 0 radical (unpaired) electrons. The van der Waals surface area contributed by atoms with Crippen LogP contribution in [0.4, 0.5) is 5.69 Å². The van der Waals surface area contributed by atoms with Crippen molar-refractivity contribution in [2.45, 2.75) is 61.2 Å². The Bertz CT molecular complexity index is 2100. The van der Waals surface area contributed by atoms with Crippen molar-refractivity contribution >= 4 is 31.4 Å². The van der Waals surface area contributed by atoms with Gasteiger partial charge < -0.3 is 9.64 Å². The number of hydrazine groups is 1. The number of rotatable bonds is 4. The number of ether oxygens (including phenoxy) is 1. The lowest BCUT2D eigenvalue weighted by molar-refractivity contribution is 0.431. The van der Waals surface area contributed by atoms with Gasteiger partial charge in [-0.2, -0.15) is 13.2 Å². The third-order valence-corrected chi connectivity index (χ3v) is 11.7. The largest absolute Gasteiger partial charge is 0.455 e. The number of nitrogens with one attached hydrogen (secondary N) is 1. The molecular formula is C31H33N4O6S2+. The van der Waals surface area contributed by atoms with E-state index in [1.165, 1.54) is 34.3 Å². The van der Waals surface area contributed by atoms with Crippen molar-refractivity contribution in [1.82, 2.24) is 9.41 Å². The summed E-state index contributed by atoms with van der Waals surface area (Å²) >= 11 is 0. The molecule has 4 N–H and O–H groups in total. The van der Waals surface area contributed by atoms with Crippen LogP contribution in [0.1, 0.15) is 59.1 Å². The van der Waals surface area contributed by atoms with Gasteiger partial charge in [-0.05, 0) is 68.4 Å². The maximum Gasteiger partial charge on any atom is 0.295 e. The lowest BCUT2D eigenvalue weighted by atomic mass is 9.82. The molecule has 5 aliphatic rings. The van der Waals surface area contributed by atoms with Gasteiger partial charge in [-0.3, -0.25) is 10.4 Å². The molecule has 5 aliphatic heterocycles. The van der Waals surface area contributed by atoms with Crippen molar-refractivity contribution in [3.05, 3.63) is 74.3 Å². The van der Waals surface area contributed by atoms with Crippen molar-refractivity contribution in [3.63, 3.8) is 0 Å². The molecule has 0 amide bonds. The highest BCUT2D eigenvalue weighted by atomic mass is 32.2. The molecule has 12 heteroatoms. The van der Waals surface area contributed by atoms with Gasteiger partial charge in [-0.15, -0.1) is 0 Å². The zero-order chi connectivity index (χ0) is 29.7. The minimum Gasteiger partial charge on any atom is -0.455 e. The second-order valence-corrected chi connectivity index (χ2v) is 15.2. The van der Waals surface area contributed by atoms with Gasteiger partial charge in [-0.1, -0.05) is 6.07 Å². The van der Waals surface area contributed by atoms with E-state index < -0.39 is 25.0 Å². The molecule has 8 rings (SSSR count). The summed E-state index contributed by atoms with van der Waals surface area (Å²) in [6.07, 6.45) is 7.55.